The number of thiophene rings is 1. The summed E-state index contributed by atoms with van der Waals surface area (Å²) >= 11 is 7.88. The van der Waals surface area contributed by atoms with Gasteiger partial charge in [-0.15, -0.1) is 11.3 Å². The van der Waals surface area contributed by atoms with Crippen molar-refractivity contribution in [1.82, 2.24) is 0 Å². The van der Waals surface area contributed by atoms with Gasteiger partial charge in [0.2, 0.25) is 0 Å². The van der Waals surface area contributed by atoms with Gasteiger partial charge in [-0.2, -0.15) is 0 Å². The number of halogens is 1. The lowest BCUT2D eigenvalue weighted by Crippen LogP contribution is -2.05. The standard InChI is InChI=1S/C12H12ClNS/c1-8(14)10-5-4-9(7-11(10)13)12-3-2-6-15-12/h2-8H,14H2,1H3. The Labute approximate surface area is 98.5 Å². The molecule has 15 heavy (non-hydrogen) atoms. The minimum absolute atomic E-state index is 0.0186. The van der Waals surface area contributed by atoms with Crippen molar-refractivity contribution in [1.29, 1.82) is 0 Å². The van der Waals surface area contributed by atoms with Gasteiger partial charge in [0, 0.05) is 15.9 Å². The van der Waals surface area contributed by atoms with Crippen LogP contribution in [0.15, 0.2) is 35.7 Å². The van der Waals surface area contributed by atoms with Gasteiger partial charge in [0.05, 0.1) is 0 Å². The highest BCUT2D eigenvalue weighted by atomic mass is 35.5. The molecule has 2 aromatic rings. The smallest absolute Gasteiger partial charge is 0.0460 e. The Hall–Kier alpha value is -0.830. The highest BCUT2D eigenvalue weighted by molar-refractivity contribution is 7.13. The molecule has 2 rings (SSSR count). The van der Waals surface area contributed by atoms with Crippen LogP contribution in [0.3, 0.4) is 0 Å². The molecule has 3 heteroatoms. The summed E-state index contributed by atoms with van der Waals surface area (Å²) in [4.78, 5) is 1.23. The van der Waals surface area contributed by atoms with E-state index in [1.54, 1.807) is 11.3 Å². The normalized spacial score (nSPS) is 12.7. The fourth-order valence-electron chi connectivity index (χ4n) is 1.49. The van der Waals surface area contributed by atoms with E-state index in [1.165, 1.54) is 4.88 Å². The first-order valence-corrected chi connectivity index (χ1v) is 6.03. The number of hydrogen-bond donors (Lipinski definition) is 1. The van der Waals surface area contributed by atoms with Crippen molar-refractivity contribution >= 4 is 22.9 Å². The first-order valence-electron chi connectivity index (χ1n) is 4.77. The van der Waals surface area contributed by atoms with Crippen LogP contribution in [0.2, 0.25) is 5.02 Å². The second kappa shape index (κ2) is 4.35. The molecule has 1 unspecified atom stereocenters. The molecule has 0 radical (unpaired) electrons. The molecule has 0 spiro atoms. The van der Waals surface area contributed by atoms with Gasteiger partial charge in [0.1, 0.15) is 0 Å². The molecule has 1 aromatic heterocycles. The number of benzene rings is 1. The van der Waals surface area contributed by atoms with Gasteiger partial charge in [-0.3, -0.25) is 0 Å². The topological polar surface area (TPSA) is 26.0 Å². The van der Waals surface area contributed by atoms with Gasteiger partial charge in [0.25, 0.3) is 0 Å². The van der Waals surface area contributed by atoms with Crippen LogP contribution in [0.25, 0.3) is 10.4 Å². The second-order valence-electron chi connectivity index (χ2n) is 3.50. The molecule has 0 aliphatic carbocycles. The quantitative estimate of drug-likeness (QED) is 0.837. The molecule has 0 fully saturated rings. The molecular formula is C12H12ClNS. The van der Waals surface area contributed by atoms with Crippen LogP contribution in [0.4, 0.5) is 0 Å². The van der Waals surface area contributed by atoms with E-state index in [9.17, 15) is 0 Å². The molecule has 0 aliphatic heterocycles. The van der Waals surface area contributed by atoms with Crippen LogP contribution in [-0.4, -0.2) is 0 Å². The van der Waals surface area contributed by atoms with E-state index < -0.39 is 0 Å². The molecule has 1 heterocycles. The second-order valence-corrected chi connectivity index (χ2v) is 4.86. The van der Waals surface area contributed by atoms with Crippen molar-refractivity contribution < 1.29 is 0 Å². The molecule has 0 saturated heterocycles. The van der Waals surface area contributed by atoms with Gasteiger partial charge < -0.3 is 5.73 Å². The third-order valence-electron chi connectivity index (χ3n) is 2.30. The molecule has 1 aromatic carbocycles. The summed E-state index contributed by atoms with van der Waals surface area (Å²) in [6, 6.07) is 10.1. The molecule has 0 amide bonds. The van der Waals surface area contributed by atoms with Crippen molar-refractivity contribution in [3.05, 3.63) is 46.3 Å². The summed E-state index contributed by atoms with van der Waals surface area (Å²) in [6.07, 6.45) is 0. The van der Waals surface area contributed by atoms with Gasteiger partial charge in [-0.25, -0.2) is 0 Å². The van der Waals surface area contributed by atoms with E-state index >= 15 is 0 Å². The molecule has 1 atom stereocenters. The van der Waals surface area contributed by atoms with E-state index in [0.29, 0.717) is 0 Å². The lowest BCUT2D eigenvalue weighted by atomic mass is 10.1. The average Bonchev–Trinajstić information content (AvgIpc) is 2.69. The predicted molar refractivity (Wildman–Crippen MR) is 67.4 cm³/mol. The van der Waals surface area contributed by atoms with Crippen LogP contribution in [0, 0.1) is 0 Å². The Morgan fingerprint density at radius 2 is 2.13 bits per heavy atom. The molecule has 2 N–H and O–H groups in total. The number of nitrogens with two attached hydrogens (primary N) is 1. The zero-order chi connectivity index (χ0) is 10.8. The molecule has 0 saturated carbocycles. The third kappa shape index (κ3) is 2.23. The van der Waals surface area contributed by atoms with Crippen molar-refractivity contribution in [3.63, 3.8) is 0 Å². The van der Waals surface area contributed by atoms with Crippen LogP contribution >= 0.6 is 22.9 Å². The molecule has 0 aliphatic rings. The summed E-state index contributed by atoms with van der Waals surface area (Å²) in [6.45, 7) is 1.94. The number of rotatable bonds is 2. The van der Waals surface area contributed by atoms with Crippen molar-refractivity contribution in [2.24, 2.45) is 5.73 Å². The van der Waals surface area contributed by atoms with Gasteiger partial charge in [-0.05, 0) is 35.6 Å². The Morgan fingerprint density at radius 1 is 1.33 bits per heavy atom. The summed E-state index contributed by atoms with van der Waals surface area (Å²) in [5.41, 5.74) is 7.95. The number of hydrogen-bond acceptors (Lipinski definition) is 2. The van der Waals surface area contributed by atoms with E-state index in [-0.39, 0.29) is 6.04 Å². The highest BCUT2D eigenvalue weighted by Crippen LogP contribution is 2.30. The van der Waals surface area contributed by atoms with Crippen LogP contribution in [-0.2, 0) is 0 Å². The fourth-order valence-corrected chi connectivity index (χ4v) is 2.57. The van der Waals surface area contributed by atoms with Crippen molar-refractivity contribution in [2.45, 2.75) is 13.0 Å². The largest absolute Gasteiger partial charge is 0.324 e. The first-order chi connectivity index (χ1) is 7.18. The van der Waals surface area contributed by atoms with Gasteiger partial charge in [0.15, 0.2) is 0 Å². The SMILES string of the molecule is CC(N)c1ccc(-c2cccs2)cc1Cl. The first kappa shape index (κ1) is 10.7. The maximum absolute atomic E-state index is 6.17. The molecule has 1 nitrogen and oxygen atoms in total. The zero-order valence-electron chi connectivity index (χ0n) is 8.41. The fraction of sp³-hybridized carbons (Fsp3) is 0.167. The van der Waals surface area contributed by atoms with E-state index in [1.807, 2.05) is 25.1 Å². The highest BCUT2D eigenvalue weighted by Gasteiger charge is 2.07. The van der Waals surface area contributed by atoms with Gasteiger partial charge in [-0.1, -0.05) is 29.8 Å². The summed E-state index contributed by atoms with van der Waals surface area (Å²) in [7, 11) is 0. The molecule has 0 bridgehead atoms. The average molecular weight is 238 g/mol. The summed E-state index contributed by atoms with van der Waals surface area (Å²) in [5.74, 6) is 0. The van der Waals surface area contributed by atoms with E-state index in [2.05, 4.69) is 17.5 Å². The molecule has 78 valence electrons. The van der Waals surface area contributed by atoms with Crippen molar-refractivity contribution in [3.8, 4) is 10.4 Å². The Bertz CT molecular complexity index is 449. The van der Waals surface area contributed by atoms with Crippen LogP contribution in [0.5, 0.6) is 0 Å². The lowest BCUT2D eigenvalue weighted by molar-refractivity contribution is 0.819. The monoisotopic (exact) mass is 237 g/mol. The Balaban J connectivity index is 2.42. The van der Waals surface area contributed by atoms with Crippen LogP contribution in [0.1, 0.15) is 18.5 Å². The minimum atomic E-state index is -0.0186. The van der Waals surface area contributed by atoms with Gasteiger partial charge >= 0.3 is 0 Å². The summed E-state index contributed by atoms with van der Waals surface area (Å²) < 4.78 is 0. The lowest BCUT2D eigenvalue weighted by Gasteiger charge is -2.09. The third-order valence-corrected chi connectivity index (χ3v) is 3.54. The van der Waals surface area contributed by atoms with E-state index in [4.69, 9.17) is 17.3 Å². The maximum atomic E-state index is 6.17. The van der Waals surface area contributed by atoms with Crippen molar-refractivity contribution in [2.75, 3.05) is 0 Å². The maximum Gasteiger partial charge on any atom is 0.0460 e. The predicted octanol–water partition coefficient (Wildman–Crippen LogP) is 4.09. The zero-order valence-corrected chi connectivity index (χ0v) is 9.98. The minimum Gasteiger partial charge on any atom is -0.324 e. The Kier molecular flexibility index (Phi) is 3.10. The van der Waals surface area contributed by atoms with Crippen LogP contribution < -0.4 is 5.73 Å². The van der Waals surface area contributed by atoms with E-state index in [0.717, 1.165) is 16.1 Å². The Morgan fingerprint density at radius 3 is 2.67 bits per heavy atom. The molecular weight excluding hydrogens is 226 g/mol. The summed E-state index contributed by atoms with van der Waals surface area (Å²) in [5, 5.41) is 2.80.